The van der Waals surface area contributed by atoms with E-state index >= 15 is 0 Å². The summed E-state index contributed by atoms with van der Waals surface area (Å²) in [5, 5.41) is 6.38. The Balaban J connectivity index is 1.29. The minimum Gasteiger partial charge on any atom is -0.370 e. The maximum absolute atomic E-state index is 12.0. The number of rotatable bonds is 8. The number of amides is 1. The molecule has 1 aromatic rings. The lowest BCUT2D eigenvalue weighted by Gasteiger charge is -2.37. The summed E-state index contributed by atoms with van der Waals surface area (Å²) < 4.78 is 0. The van der Waals surface area contributed by atoms with Gasteiger partial charge in [-0.15, -0.1) is 0 Å². The van der Waals surface area contributed by atoms with Gasteiger partial charge in [-0.3, -0.25) is 14.5 Å². The van der Waals surface area contributed by atoms with Crippen LogP contribution in [0.1, 0.15) is 37.4 Å². The van der Waals surface area contributed by atoms with E-state index in [0.29, 0.717) is 26.2 Å². The second-order valence-electron chi connectivity index (χ2n) is 7.18. The Morgan fingerprint density at radius 1 is 1.32 bits per heavy atom. The van der Waals surface area contributed by atoms with E-state index in [1.54, 1.807) is 6.92 Å². The molecule has 2 aliphatic heterocycles. The van der Waals surface area contributed by atoms with Gasteiger partial charge in [-0.2, -0.15) is 0 Å². The van der Waals surface area contributed by atoms with Crippen molar-refractivity contribution in [2.45, 2.75) is 39.0 Å². The molecule has 1 amide bonds. The minimum absolute atomic E-state index is 0.0488. The number of hydrogen-bond acceptors (Lipinski definition) is 5. The van der Waals surface area contributed by atoms with E-state index in [1.807, 2.05) is 4.90 Å². The van der Waals surface area contributed by atoms with Crippen molar-refractivity contribution < 1.29 is 9.59 Å². The molecule has 3 heterocycles. The third kappa shape index (κ3) is 5.01. The fraction of sp³-hybridized carbons (Fsp3) is 0.632. The number of carbonyl (C=O) groups excluding carboxylic acids is 2. The number of anilines is 1. The number of ketones is 1. The van der Waals surface area contributed by atoms with Crippen molar-refractivity contribution >= 4 is 17.5 Å². The number of nitrogens with one attached hydrogen (secondary N) is 2. The van der Waals surface area contributed by atoms with Crippen molar-refractivity contribution in [3.63, 3.8) is 0 Å². The van der Waals surface area contributed by atoms with Gasteiger partial charge in [0.15, 0.2) is 0 Å². The first-order chi connectivity index (χ1) is 12.1. The standard InChI is InChI=1S/C19H28N4O2/c1-14(24)11-23-12-16(13-23)19(25)21-9-3-2-6-17-8-7-15-5-4-10-20-18(15)22-17/h7-8,16H,2-6,9-13H2,1H3,(H,20,22)(H,21,25). The lowest BCUT2D eigenvalue weighted by molar-refractivity contribution is -0.132. The highest BCUT2D eigenvalue weighted by Crippen LogP contribution is 2.20. The highest BCUT2D eigenvalue weighted by Gasteiger charge is 2.32. The molecular formula is C19H28N4O2. The average molecular weight is 344 g/mol. The van der Waals surface area contributed by atoms with Gasteiger partial charge in [-0.1, -0.05) is 6.07 Å². The molecule has 0 atom stereocenters. The summed E-state index contributed by atoms with van der Waals surface area (Å²) >= 11 is 0. The number of hydrogen-bond donors (Lipinski definition) is 2. The zero-order valence-corrected chi connectivity index (χ0v) is 15.0. The van der Waals surface area contributed by atoms with Crippen LogP contribution in [0.15, 0.2) is 12.1 Å². The van der Waals surface area contributed by atoms with Crippen LogP contribution in [-0.2, 0) is 22.4 Å². The van der Waals surface area contributed by atoms with E-state index in [9.17, 15) is 9.59 Å². The fourth-order valence-corrected chi connectivity index (χ4v) is 3.47. The Labute approximate surface area is 149 Å². The minimum atomic E-state index is 0.0488. The molecule has 0 unspecified atom stereocenters. The molecule has 136 valence electrons. The third-order valence-corrected chi connectivity index (χ3v) is 4.88. The van der Waals surface area contributed by atoms with Gasteiger partial charge >= 0.3 is 0 Å². The van der Waals surface area contributed by atoms with Gasteiger partial charge in [0, 0.05) is 31.9 Å². The van der Waals surface area contributed by atoms with E-state index in [1.165, 1.54) is 12.0 Å². The van der Waals surface area contributed by atoms with Crippen molar-refractivity contribution in [1.29, 1.82) is 0 Å². The molecular weight excluding hydrogens is 316 g/mol. The summed E-state index contributed by atoms with van der Waals surface area (Å²) in [4.78, 5) is 29.7. The molecule has 0 radical (unpaired) electrons. The van der Waals surface area contributed by atoms with Crippen molar-refractivity contribution in [3.05, 3.63) is 23.4 Å². The second-order valence-corrected chi connectivity index (χ2v) is 7.18. The first-order valence-electron chi connectivity index (χ1n) is 9.34. The van der Waals surface area contributed by atoms with Crippen LogP contribution in [0, 0.1) is 5.92 Å². The maximum atomic E-state index is 12.0. The van der Waals surface area contributed by atoms with Gasteiger partial charge in [0.1, 0.15) is 11.6 Å². The van der Waals surface area contributed by atoms with Gasteiger partial charge in [0.25, 0.3) is 0 Å². The first kappa shape index (κ1) is 17.9. The van der Waals surface area contributed by atoms with Crippen molar-refractivity contribution in [3.8, 4) is 0 Å². The van der Waals surface area contributed by atoms with Crippen LogP contribution in [0.25, 0.3) is 0 Å². The molecule has 0 aliphatic carbocycles. The van der Waals surface area contributed by atoms with E-state index in [-0.39, 0.29) is 17.6 Å². The number of fused-ring (bicyclic) bond motifs is 1. The molecule has 1 aromatic heterocycles. The predicted molar refractivity (Wildman–Crippen MR) is 97.6 cm³/mol. The Morgan fingerprint density at radius 2 is 2.16 bits per heavy atom. The van der Waals surface area contributed by atoms with Crippen LogP contribution in [0.4, 0.5) is 5.82 Å². The molecule has 1 fully saturated rings. The van der Waals surface area contributed by atoms with Crippen LogP contribution in [0.3, 0.4) is 0 Å². The Hall–Kier alpha value is -1.95. The SMILES string of the molecule is CC(=O)CN1CC(C(=O)NCCCCc2ccc3c(n2)NCCC3)C1. The summed E-state index contributed by atoms with van der Waals surface area (Å²) in [5.74, 6) is 1.38. The molecule has 0 bridgehead atoms. The van der Waals surface area contributed by atoms with Crippen molar-refractivity contribution in [2.75, 3.05) is 38.0 Å². The summed E-state index contributed by atoms with van der Waals surface area (Å²) in [6, 6.07) is 4.32. The third-order valence-electron chi connectivity index (χ3n) is 4.88. The highest BCUT2D eigenvalue weighted by atomic mass is 16.2. The van der Waals surface area contributed by atoms with Gasteiger partial charge in [0.2, 0.25) is 5.91 Å². The number of aryl methyl sites for hydroxylation is 2. The van der Waals surface area contributed by atoms with Crippen LogP contribution in [0.5, 0.6) is 0 Å². The van der Waals surface area contributed by atoms with Gasteiger partial charge in [0.05, 0.1) is 12.5 Å². The largest absolute Gasteiger partial charge is 0.370 e. The van der Waals surface area contributed by atoms with Gasteiger partial charge in [-0.05, 0) is 50.7 Å². The van der Waals surface area contributed by atoms with Crippen molar-refractivity contribution in [1.82, 2.24) is 15.2 Å². The molecule has 6 heteroatoms. The maximum Gasteiger partial charge on any atom is 0.225 e. The number of pyridine rings is 1. The molecule has 1 saturated heterocycles. The summed E-state index contributed by atoms with van der Waals surface area (Å²) in [5.41, 5.74) is 2.44. The molecule has 3 rings (SSSR count). The molecule has 6 nitrogen and oxygen atoms in total. The van der Waals surface area contributed by atoms with Crippen LogP contribution >= 0.6 is 0 Å². The lowest BCUT2D eigenvalue weighted by Crippen LogP contribution is -2.54. The number of Topliss-reactive ketones (excluding diaryl/α,β-unsaturated/α-hetero) is 1. The number of carbonyl (C=O) groups is 2. The Kier molecular flexibility index (Phi) is 6.02. The number of unbranched alkanes of at least 4 members (excludes halogenated alkanes) is 1. The lowest BCUT2D eigenvalue weighted by atomic mass is 9.99. The summed E-state index contributed by atoms with van der Waals surface area (Å²) in [7, 11) is 0. The summed E-state index contributed by atoms with van der Waals surface area (Å²) in [6.45, 7) is 5.19. The zero-order valence-electron chi connectivity index (χ0n) is 15.0. The number of nitrogens with zero attached hydrogens (tertiary/aromatic N) is 2. The topological polar surface area (TPSA) is 74.3 Å². The molecule has 0 aromatic carbocycles. The molecule has 0 spiro atoms. The molecule has 2 N–H and O–H groups in total. The van der Waals surface area contributed by atoms with E-state index < -0.39 is 0 Å². The summed E-state index contributed by atoms with van der Waals surface area (Å²) in [6.07, 6.45) is 5.23. The molecule has 2 aliphatic rings. The number of aromatic nitrogens is 1. The van der Waals surface area contributed by atoms with Gasteiger partial charge < -0.3 is 10.6 Å². The number of likely N-dealkylation sites (tertiary alicyclic amines) is 1. The monoisotopic (exact) mass is 344 g/mol. The Bertz CT molecular complexity index is 626. The molecule has 0 saturated carbocycles. The van der Waals surface area contributed by atoms with Crippen LogP contribution in [0.2, 0.25) is 0 Å². The highest BCUT2D eigenvalue weighted by molar-refractivity contribution is 5.81. The second kappa shape index (κ2) is 8.43. The normalized spacial score (nSPS) is 17.3. The zero-order chi connectivity index (χ0) is 17.6. The predicted octanol–water partition coefficient (Wildman–Crippen LogP) is 1.40. The van der Waals surface area contributed by atoms with Gasteiger partial charge in [-0.25, -0.2) is 4.98 Å². The van der Waals surface area contributed by atoms with Crippen LogP contribution < -0.4 is 10.6 Å². The fourth-order valence-electron chi connectivity index (χ4n) is 3.47. The average Bonchev–Trinajstić information content (AvgIpc) is 2.57. The van der Waals surface area contributed by atoms with E-state index in [4.69, 9.17) is 4.98 Å². The quantitative estimate of drug-likeness (QED) is 0.697. The first-order valence-corrected chi connectivity index (χ1v) is 9.34. The van der Waals surface area contributed by atoms with E-state index in [0.717, 1.165) is 43.7 Å². The van der Waals surface area contributed by atoms with E-state index in [2.05, 4.69) is 22.8 Å². The molecule has 25 heavy (non-hydrogen) atoms. The smallest absolute Gasteiger partial charge is 0.225 e. The van der Waals surface area contributed by atoms with Crippen molar-refractivity contribution in [2.24, 2.45) is 5.92 Å². The van der Waals surface area contributed by atoms with Crippen LogP contribution in [-0.4, -0.2) is 54.3 Å². The Morgan fingerprint density at radius 3 is 2.96 bits per heavy atom.